The zero-order valence-electron chi connectivity index (χ0n) is 11.1. The lowest BCUT2D eigenvalue weighted by Crippen LogP contribution is -2.04. The van der Waals surface area contributed by atoms with Crippen molar-refractivity contribution in [1.82, 2.24) is 4.98 Å². The van der Waals surface area contributed by atoms with Crippen LogP contribution in [0.5, 0.6) is 0 Å². The van der Waals surface area contributed by atoms with Gasteiger partial charge >= 0.3 is 0 Å². The zero-order valence-corrected chi connectivity index (χ0v) is 11.1. The van der Waals surface area contributed by atoms with E-state index < -0.39 is 5.82 Å². The highest BCUT2D eigenvalue weighted by Gasteiger charge is 2.11. The Morgan fingerprint density at radius 1 is 1.21 bits per heavy atom. The minimum absolute atomic E-state index is 0.197. The van der Waals surface area contributed by atoms with Crippen molar-refractivity contribution >= 4 is 5.78 Å². The van der Waals surface area contributed by atoms with Crippen LogP contribution in [0.4, 0.5) is 4.39 Å². The minimum Gasteiger partial charge on any atom is -0.289 e. The molecule has 0 bridgehead atoms. The molecule has 2 nitrogen and oxygen atoms in total. The Bertz CT molecular complexity index is 593. The molecule has 1 heterocycles. The molecule has 0 aliphatic rings. The zero-order chi connectivity index (χ0) is 13.8. The molecular weight excluding hydrogens is 241 g/mol. The molecule has 0 N–H and O–H groups in total. The molecule has 0 aliphatic carbocycles. The van der Waals surface area contributed by atoms with Gasteiger partial charge in [-0.15, -0.1) is 0 Å². The highest BCUT2D eigenvalue weighted by atomic mass is 19.1. The van der Waals surface area contributed by atoms with Crippen LogP contribution in [0.1, 0.15) is 35.3 Å². The molecule has 1 aromatic carbocycles. The maximum absolute atomic E-state index is 13.1. The van der Waals surface area contributed by atoms with Crippen LogP contribution in [0.15, 0.2) is 42.7 Å². The second-order valence-corrected chi connectivity index (χ2v) is 5.02. The van der Waals surface area contributed by atoms with Gasteiger partial charge in [-0.3, -0.25) is 9.78 Å². The van der Waals surface area contributed by atoms with Crippen LogP contribution in [0.3, 0.4) is 0 Å². The Hall–Kier alpha value is -2.03. The van der Waals surface area contributed by atoms with Gasteiger partial charge in [-0.05, 0) is 30.0 Å². The first kappa shape index (κ1) is 13.4. The quantitative estimate of drug-likeness (QED) is 0.782. The van der Waals surface area contributed by atoms with E-state index >= 15 is 0 Å². The first-order valence-corrected chi connectivity index (χ1v) is 6.30. The summed E-state index contributed by atoms with van der Waals surface area (Å²) in [5.41, 5.74) is 1.97. The third-order valence-electron chi connectivity index (χ3n) is 2.80. The summed E-state index contributed by atoms with van der Waals surface area (Å²) < 4.78 is 13.1. The molecule has 0 amide bonds. The molecule has 3 heteroatoms. The topological polar surface area (TPSA) is 30.0 Å². The lowest BCUT2D eigenvalue weighted by molar-refractivity contribution is 0.103. The molecule has 0 aliphatic heterocycles. The molecule has 0 fully saturated rings. The van der Waals surface area contributed by atoms with Crippen molar-refractivity contribution in [2.24, 2.45) is 5.92 Å². The van der Waals surface area contributed by atoms with E-state index in [9.17, 15) is 9.18 Å². The molecule has 0 saturated carbocycles. The van der Waals surface area contributed by atoms with E-state index in [1.54, 1.807) is 6.07 Å². The van der Waals surface area contributed by atoms with Crippen molar-refractivity contribution < 1.29 is 9.18 Å². The van der Waals surface area contributed by atoms with Crippen molar-refractivity contribution in [1.29, 1.82) is 0 Å². The number of carbonyl (C=O) groups is 1. The second kappa shape index (κ2) is 5.74. The van der Waals surface area contributed by atoms with E-state index in [0.29, 0.717) is 11.5 Å². The minimum atomic E-state index is -0.496. The number of hydrogen-bond donors (Lipinski definition) is 0. The Kier molecular flexibility index (Phi) is 4.05. The number of hydrogen-bond acceptors (Lipinski definition) is 2. The summed E-state index contributed by atoms with van der Waals surface area (Å²) in [4.78, 5) is 15.9. The summed E-state index contributed by atoms with van der Waals surface area (Å²) in [7, 11) is 0. The average Bonchev–Trinajstić information content (AvgIpc) is 2.37. The summed E-state index contributed by atoms with van der Waals surface area (Å²) in [6, 6.07) is 8.69. The summed E-state index contributed by atoms with van der Waals surface area (Å²) in [5.74, 6) is -0.164. The summed E-state index contributed by atoms with van der Waals surface area (Å²) in [5, 5.41) is 0. The predicted octanol–water partition coefficient (Wildman–Crippen LogP) is 3.65. The Balaban J connectivity index is 2.29. The molecule has 0 spiro atoms. The second-order valence-electron chi connectivity index (χ2n) is 5.02. The molecule has 2 rings (SSSR count). The van der Waals surface area contributed by atoms with Gasteiger partial charge in [0.25, 0.3) is 0 Å². The van der Waals surface area contributed by atoms with E-state index in [0.717, 1.165) is 18.2 Å². The normalized spacial score (nSPS) is 10.7. The van der Waals surface area contributed by atoms with Crippen molar-refractivity contribution in [2.75, 3.05) is 0 Å². The van der Waals surface area contributed by atoms with E-state index in [2.05, 4.69) is 18.8 Å². The Labute approximate surface area is 112 Å². The van der Waals surface area contributed by atoms with Gasteiger partial charge in [0, 0.05) is 17.3 Å². The van der Waals surface area contributed by atoms with Crippen molar-refractivity contribution in [2.45, 2.75) is 20.3 Å². The maximum atomic E-state index is 13.1. The van der Waals surface area contributed by atoms with E-state index in [1.165, 1.54) is 12.3 Å². The third-order valence-corrected chi connectivity index (χ3v) is 2.80. The molecule has 1 aromatic heterocycles. The molecule has 19 heavy (non-hydrogen) atoms. The van der Waals surface area contributed by atoms with Crippen LogP contribution >= 0.6 is 0 Å². The van der Waals surface area contributed by atoms with Crippen molar-refractivity contribution in [3.63, 3.8) is 0 Å². The number of carbonyl (C=O) groups excluding carboxylic acids is 1. The molecule has 0 atom stereocenters. The van der Waals surface area contributed by atoms with E-state index in [1.807, 2.05) is 18.2 Å². The Morgan fingerprint density at radius 3 is 2.68 bits per heavy atom. The summed E-state index contributed by atoms with van der Waals surface area (Å²) in [6.45, 7) is 4.26. The summed E-state index contributed by atoms with van der Waals surface area (Å²) >= 11 is 0. The number of halogens is 1. The first-order chi connectivity index (χ1) is 9.06. The number of ketones is 1. The third kappa shape index (κ3) is 3.47. The van der Waals surface area contributed by atoms with Crippen LogP contribution in [0.2, 0.25) is 0 Å². The maximum Gasteiger partial charge on any atom is 0.194 e. The van der Waals surface area contributed by atoms with Crippen LogP contribution in [0.25, 0.3) is 0 Å². The fourth-order valence-corrected chi connectivity index (χ4v) is 2.01. The molecule has 2 aromatic rings. The van der Waals surface area contributed by atoms with Gasteiger partial charge in [0.05, 0.1) is 6.20 Å². The van der Waals surface area contributed by atoms with Gasteiger partial charge in [-0.2, -0.15) is 0 Å². The number of pyridine rings is 1. The molecular formula is C16H16FNO. The standard InChI is InChI=1S/C16H16FNO/c1-11(2)6-12-4-3-5-13(7-12)16(19)14-8-15(17)10-18-9-14/h3-5,7-11H,6H2,1-2H3. The van der Waals surface area contributed by atoms with Gasteiger partial charge in [-0.1, -0.05) is 32.0 Å². The van der Waals surface area contributed by atoms with Crippen LogP contribution < -0.4 is 0 Å². The average molecular weight is 257 g/mol. The fraction of sp³-hybridized carbons (Fsp3) is 0.250. The van der Waals surface area contributed by atoms with Gasteiger partial charge < -0.3 is 0 Å². The highest BCUT2D eigenvalue weighted by Crippen LogP contribution is 2.14. The molecule has 0 unspecified atom stereocenters. The number of nitrogens with zero attached hydrogens (tertiary/aromatic N) is 1. The molecule has 98 valence electrons. The van der Waals surface area contributed by atoms with Crippen molar-refractivity contribution in [3.05, 3.63) is 65.2 Å². The smallest absolute Gasteiger partial charge is 0.194 e. The number of benzene rings is 1. The molecule has 0 saturated heterocycles. The largest absolute Gasteiger partial charge is 0.289 e. The molecule has 0 radical (unpaired) electrons. The lowest BCUT2D eigenvalue weighted by atomic mass is 9.98. The lowest BCUT2D eigenvalue weighted by Gasteiger charge is -2.07. The van der Waals surface area contributed by atoms with Crippen LogP contribution in [-0.4, -0.2) is 10.8 Å². The van der Waals surface area contributed by atoms with Crippen LogP contribution in [0, 0.1) is 11.7 Å². The highest BCUT2D eigenvalue weighted by molar-refractivity contribution is 6.08. The van der Waals surface area contributed by atoms with Gasteiger partial charge in [0.15, 0.2) is 5.78 Å². The van der Waals surface area contributed by atoms with Gasteiger partial charge in [0.2, 0.25) is 0 Å². The summed E-state index contributed by atoms with van der Waals surface area (Å²) in [6.07, 6.45) is 3.40. The predicted molar refractivity (Wildman–Crippen MR) is 72.6 cm³/mol. The van der Waals surface area contributed by atoms with E-state index in [-0.39, 0.29) is 11.3 Å². The Morgan fingerprint density at radius 2 is 2.00 bits per heavy atom. The van der Waals surface area contributed by atoms with Gasteiger partial charge in [-0.25, -0.2) is 4.39 Å². The van der Waals surface area contributed by atoms with Gasteiger partial charge in [0.1, 0.15) is 5.82 Å². The number of rotatable bonds is 4. The fourth-order valence-electron chi connectivity index (χ4n) is 2.01. The van der Waals surface area contributed by atoms with Crippen LogP contribution in [-0.2, 0) is 6.42 Å². The monoisotopic (exact) mass is 257 g/mol. The number of aromatic nitrogens is 1. The SMILES string of the molecule is CC(C)Cc1cccc(C(=O)c2cncc(F)c2)c1. The van der Waals surface area contributed by atoms with E-state index in [4.69, 9.17) is 0 Å². The first-order valence-electron chi connectivity index (χ1n) is 6.30. The van der Waals surface area contributed by atoms with Crippen molar-refractivity contribution in [3.8, 4) is 0 Å².